The second-order valence-electron chi connectivity index (χ2n) is 7.85. The summed E-state index contributed by atoms with van der Waals surface area (Å²) in [4.78, 5) is 21.3. The van der Waals surface area contributed by atoms with Gasteiger partial charge in [-0.3, -0.25) is 0 Å². The maximum Gasteiger partial charge on any atom is 0.404 e. The number of morpholine rings is 1. The number of carbonyl (C=O) groups is 1. The number of thioether (sulfide) groups is 1. The smallest absolute Gasteiger partial charge is 0.404 e. The Labute approximate surface area is 206 Å². The van der Waals surface area contributed by atoms with E-state index < -0.39 is 29.8 Å². The fourth-order valence-electron chi connectivity index (χ4n) is 3.58. The van der Waals surface area contributed by atoms with Gasteiger partial charge in [-0.05, 0) is 31.4 Å². The predicted octanol–water partition coefficient (Wildman–Crippen LogP) is 3.40. The molecule has 1 fully saturated rings. The minimum Gasteiger partial charge on any atom is -0.465 e. The minimum atomic E-state index is -1.20. The maximum absolute atomic E-state index is 14.8. The Morgan fingerprint density at radius 2 is 2.06 bits per heavy atom. The van der Waals surface area contributed by atoms with E-state index in [-0.39, 0.29) is 28.7 Å². The number of amides is 1. The van der Waals surface area contributed by atoms with Gasteiger partial charge in [-0.25, -0.2) is 23.5 Å². The molecule has 10 nitrogen and oxygen atoms in total. The molecule has 0 aliphatic carbocycles. The lowest BCUT2D eigenvalue weighted by molar-refractivity contribution is 0.122. The van der Waals surface area contributed by atoms with Crippen molar-refractivity contribution in [3.8, 4) is 6.07 Å². The van der Waals surface area contributed by atoms with Gasteiger partial charge >= 0.3 is 6.09 Å². The second-order valence-corrected chi connectivity index (χ2v) is 8.84. The number of aromatic nitrogens is 2. The number of halogens is 2. The van der Waals surface area contributed by atoms with Crippen molar-refractivity contribution < 1.29 is 23.4 Å². The summed E-state index contributed by atoms with van der Waals surface area (Å²) in [6.45, 7) is 3.69. The van der Waals surface area contributed by atoms with Crippen molar-refractivity contribution in [1.29, 1.82) is 5.26 Å². The monoisotopic (exact) mass is 507 g/mol. The Morgan fingerprint density at radius 3 is 2.69 bits per heavy atom. The average molecular weight is 508 g/mol. The summed E-state index contributed by atoms with van der Waals surface area (Å²) in [5.74, 6) is -0.566. The van der Waals surface area contributed by atoms with Crippen LogP contribution in [-0.4, -0.2) is 71.6 Å². The summed E-state index contributed by atoms with van der Waals surface area (Å²) in [6.07, 6.45) is 2.66. The third-order valence-electron chi connectivity index (χ3n) is 5.40. The van der Waals surface area contributed by atoms with Crippen molar-refractivity contribution in [2.75, 3.05) is 53.8 Å². The molecular formula is C22H27F2N7O3S. The Hall–Kier alpha value is -3.37. The SMILES string of the molecule is CSCC[C@@H](Nc1nc(Nc2cnc(N3CCOCC3)c(F)c2)c(C#N)cc1F)[C@H](C)NC(=O)O. The van der Waals surface area contributed by atoms with E-state index in [2.05, 4.69) is 25.9 Å². The molecule has 2 aromatic heterocycles. The first-order valence-electron chi connectivity index (χ1n) is 10.9. The molecule has 0 radical (unpaired) electrons. The van der Waals surface area contributed by atoms with Crippen LogP contribution in [0.15, 0.2) is 18.3 Å². The molecule has 3 rings (SSSR count). The summed E-state index contributed by atoms with van der Waals surface area (Å²) in [6, 6.07) is 3.12. The van der Waals surface area contributed by atoms with Crippen molar-refractivity contribution in [2.24, 2.45) is 0 Å². The van der Waals surface area contributed by atoms with Gasteiger partial charge in [0.25, 0.3) is 0 Å². The van der Waals surface area contributed by atoms with E-state index in [1.807, 2.05) is 12.3 Å². The minimum absolute atomic E-state index is 0.0131. The van der Waals surface area contributed by atoms with Crippen LogP contribution in [0.1, 0.15) is 18.9 Å². The number of carboxylic acid groups (broad SMARTS) is 1. The van der Waals surface area contributed by atoms with Crippen LogP contribution >= 0.6 is 11.8 Å². The summed E-state index contributed by atoms with van der Waals surface area (Å²) < 4.78 is 34.8. The highest BCUT2D eigenvalue weighted by atomic mass is 32.2. The molecule has 0 saturated carbocycles. The van der Waals surface area contributed by atoms with E-state index >= 15 is 0 Å². The van der Waals surface area contributed by atoms with Gasteiger partial charge in [-0.2, -0.15) is 17.0 Å². The number of hydrogen-bond acceptors (Lipinski definition) is 9. The fourth-order valence-corrected chi connectivity index (χ4v) is 4.07. The number of ether oxygens (including phenoxy) is 1. The summed E-state index contributed by atoms with van der Waals surface area (Å²) >= 11 is 1.57. The van der Waals surface area contributed by atoms with Crippen molar-refractivity contribution in [1.82, 2.24) is 15.3 Å². The van der Waals surface area contributed by atoms with Crippen LogP contribution in [0.4, 0.5) is 36.7 Å². The van der Waals surface area contributed by atoms with Crippen LogP contribution in [0.2, 0.25) is 0 Å². The van der Waals surface area contributed by atoms with E-state index in [9.17, 15) is 18.8 Å². The van der Waals surface area contributed by atoms with E-state index in [1.54, 1.807) is 23.6 Å². The Morgan fingerprint density at radius 1 is 1.31 bits per heavy atom. The zero-order valence-electron chi connectivity index (χ0n) is 19.3. The van der Waals surface area contributed by atoms with Crippen LogP contribution in [0.3, 0.4) is 0 Å². The maximum atomic E-state index is 14.8. The number of hydrogen-bond donors (Lipinski definition) is 4. The lowest BCUT2D eigenvalue weighted by atomic mass is 10.1. The van der Waals surface area contributed by atoms with Crippen LogP contribution in [0.5, 0.6) is 0 Å². The van der Waals surface area contributed by atoms with Gasteiger partial charge in [0.2, 0.25) is 0 Å². The summed E-state index contributed by atoms with van der Waals surface area (Å²) in [5.41, 5.74) is 0.156. The first-order chi connectivity index (χ1) is 16.8. The zero-order valence-corrected chi connectivity index (χ0v) is 20.2. The summed E-state index contributed by atoms with van der Waals surface area (Å²) in [7, 11) is 0. The molecule has 1 aliphatic heterocycles. The van der Waals surface area contributed by atoms with Crippen LogP contribution in [-0.2, 0) is 4.74 Å². The van der Waals surface area contributed by atoms with Crippen molar-refractivity contribution in [3.63, 3.8) is 0 Å². The topological polar surface area (TPSA) is 135 Å². The quantitative estimate of drug-likeness (QED) is 0.379. The van der Waals surface area contributed by atoms with Crippen LogP contribution in [0, 0.1) is 23.0 Å². The first-order valence-corrected chi connectivity index (χ1v) is 12.3. The lowest BCUT2D eigenvalue weighted by Gasteiger charge is -2.28. The normalized spacial score (nSPS) is 15.1. The van der Waals surface area contributed by atoms with Gasteiger partial charge in [0, 0.05) is 31.2 Å². The Balaban J connectivity index is 1.84. The van der Waals surface area contributed by atoms with Gasteiger partial charge in [-0.1, -0.05) is 0 Å². The van der Waals surface area contributed by atoms with E-state index in [4.69, 9.17) is 9.84 Å². The molecular weight excluding hydrogens is 480 g/mol. The number of rotatable bonds is 10. The fraction of sp³-hybridized carbons (Fsp3) is 0.455. The molecule has 0 bridgehead atoms. The largest absolute Gasteiger partial charge is 0.465 e. The molecule has 188 valence electrons. The standard InChI is InChI=1S/C22H27F2N7O3S/c1-13(27-22(32)33)18(3-8-35-2)29-20-16(23)9-14(11-25)19(30-20)28-15-10-17(24)21(26-12-15)31-4-6-34-7-5-31/h9-10,12-13,18,27H,3-8H2,1-2H3,(H,32,33)(H2,28,29,30)/t13-,18+/m0/s1. The van der Waals surface area contributed by atoms with Crippen molar-refractivity contribution >= 4 is 41.0 Å². The van der Waals surface area contributed by atoms with Gasteiger partial charge in [0.15, 0.2) is 29.1 Å². The Kier molecular flexibility index (Phi) is 9.27. The highest BCUT2D eigenvalue weighted by molar-refractivity contribution is 7.98. The predicted molar refractivity (Wildman–Crippen MR) is 130 cm³/mol. The van der Waals surface area contributed by atoms with Crippen molar-refractivity contribution in [3.05, 3.63) is 35.5 Å². The number of anilines is 4. The van der Waals surface area contributed by atoms with Gasteiger partial charge < -0.3 is 30.7 Å². The molecule has 4 N–H and O–H groups in total. The zero-order chi connectivity index (χ0) is 25.4. The van der Waals surface area contributed by atoms with E-state index in [1.165, 1.54) is 12.3 Å². The second kappa shape index (κ2) is 12.4. The molecule has 0 spiro atoms. The van der Waals surface area contributed by atoms with Crippen molar-refractivity contribution in [2.45, 2.75) is 25.4 Å². The number of nitrogens with zero attached hydrogens (tertiary/aromatic N) is 4. The molecule has 2 aromatic rings. The third kappa shape index (κ3) is 7.06. The van der Waals surface area contributed by atoms with Crippen LogP contribution < -0.4 is 20.9 Å². The highest BCUT2D eigenvalue weighted by Crippen LogP contribution is 2.27. The molecule has 0 aromatic carbocycles. The van der Waals surface area contributed by atoms with Gasteiger partial charge in [0.1, 0.15) is 6.07 Å². The molecule has 1 amide bonds. The Bertz CT molecular complexity index is 1080. The first kappa shape index (κ1) is 26.2. The molecule has 1 aliphatic rings. The molecule has 13 heteroatoms. The van der Waals surface area contributed by atoms with E-state index in [0.29, 0.717) is 38.5 Å². The lowest BCUT2D eigenvalue weighted by Crippen LogP contribution is -2.45. The van der Waals surface area contributed by atoms with Crippen LogP contribution in [0.25, 0.3) is 0 Å². The molecule has 3 heterocycles. The molecule has 35 heavy (non-hydrogen) atoms. The number of nitrogens with one attached hydrogen (secondary N) is 3. The average Bonchev–Trinajstić information content (AvgIpc) is 2.83. The highest BCUT2D eigenvalue weighted by Gasteiger charge is 2.22. The molecule has 2 atom stereocenters. The number of nitriles is 1. The van der Waals surface area contributed by atoms with Gasteiger partial charge in [0.05, 0.1) is 30.7 Å². The molecule has 1 saturated heterocycles. The number of pyridine rings is 2. The summed E-state index contributed by atoms with van der Waals surface area (Å²) in [5, 5.41) is 26.7. The van der Waals surface area contributed by atoms with E-state index in [0.717, 1.165) is 6.07 Å². The van der Waals surface area contributed by atoms with Gasteiger partial charge in [-0.15, -0.1) is 0 Å². The third-order valence-corrected chi connectivity index (χ3v) is 6.05. The molecule has 0 unspecified atom stereocenters.